The van der Waals surface area contributed by atoms with E-state index in [0.717, 1.165) is 9.20 Å². The van der Waals surface area contributed by atoms with E-state index in [9.17, 15) is 13.2 Å². The highest BCUT2D eigenvalue weighted by Gasteiger charge is 2.27. The first-order chi connectivity index (χ1) is 18.3. The van der Waals surface area contributed by atoms with Crippen LogP contribution in [0.15, 0.2) is 70.5 Å². The van der Waals surface area contributed by atoms with Gasteiger partial charge in [-0.3, -0.25) is 9.10 Å². The first-order valence-corrected chi connectivity index (χ1v) is 14.4. The summed E-state index contributed by atoms with van der Waals surface area (Å²) in [6, 6.07) is 16.6. The number of hydrogen-bond acceptors (Lipinski definition) is 8. The molecule has 0 atom stereocenters. The third-order valence-corrected chi connectivity index (χ3v) is 8.12. The van der Waals surface area contributed by atoms with Crippen LogP contribution in [0.3, 0.4) is 0 Å². The van der Waals surface area contributed by atoms with E-state index in [-0.39, 0.29) is 11.4 Å². The predicted octanol–water partition coefficient (Wildman–Crippen LogP) is 4.34. The highest BCUT2D eigenvalue weighted by Crippen LogP contribution is 2.38. The van der Waals surface area contributed by atoms with Crippen LogP contribution in [0.1, 0.15) is 12.5 Å². The van der Waals surface area contributed by atoms with Crippen LogP contribution in [0, 0.1) is 0 Å². The SMILES string of the molecule is CCOc1ccc(N(CC(=O)NCc2cc(OC)c(OC)c(OC)c2)S(=O)(=O)c2ccc(SC)cc2)cc1. The topological polar surface area (TPSA) is 103 Å². The van der Waals surface area contributed by atoms with Gasteiger partial charge >= 0.3 is 0 Å². The largest absolute Gasteiger partial charge is 0.494 e. The Labute approximate surface area is 228 Å². The van der Waals surface area contributed by atoms with Crippen LogP contribution in [-0.4, -0.2) is 55.1 Å². The van der Waals surface area contributed by atoms with Crippen LogP contribution < -0.4 is 28.6 Å². The number of carbonyl (C=O) groups is 1. The van der Waals surface area contributed by atoms with Crippen molar-refractivity contribution >= 4 is 33.4 Å². The van der Waals surface area contributed by atoms with Crippen LogP contribution in [0.4, 0.5) is 5.69 Å². The van der Waals surface area contributed by atoms with Crippen molar-refractivity contribution in [2.75, 3.05) is 45.0 Å². The van der Waals surface area contributed by atoms with Crippen LogP contribution in [0.2, 0.25) is 0 Å². The van der Waals surface area contributed by atoms with Crippen LogP contribution in [-0.2, 0) is 21.4 Å². The molecule has 0 heterocycles. The van der Waals surface area contributed by atoms with Crippen LogP contribution in [0.5, 0.6) is 23.0 Å². The van der Waals surface area contributed by atoms with Crippen molar-refractivity contribution in [3.8, 4) is 23.0 Å². The molecule has 0 aliphatic carbocycles. The minimum atomic E-state index is -4.05. The number of carbonyl (C=O) groups excluding carboxylic acids is 1. The number of sulfonamides is 1. The molecule has 11 heteroatoms. The lowest BCUT2D eigenvalue weighted by atomic mass is 10.1. The van der Waals surface area contributed by atoms with Crippen molar-refractivity contribution in [2.45, 2.75) is 23.3 Å². The number of methoxy groups -OCH3 is 3. The average Bonchev–Trinajstić information content (AvgIpc) is 2.94. The maximum atomic E-state index is 13.7. The van der Waals surface area contributed by atoms with Gasteiger partial charge in [-0.15, -0.1) is 11.8 Å². The van der Waals surface area contributed by atoms with E-state index in [0.29, 0.717) is 40.9 Å². The molecule has 0 aromatic heterocycles. The molecule has 3 aromatic carbocycles. The molecule has 0 aliphatic heterocycles. The fraction of sp³-hybridized carbons (Fsp3) is 0.296. The average molecular weight is 561 g/mol. The number of amides is 1. The molecule has 0 aliphatic rings. The molecule has 0 saturated carbocycles. The van der Waals surface area contributed by atoms with Crippen LogP contribution >= 0.6 is 11.8 Å². The normalized spacial score (nSPS) is 11.0. The molecule has 9 nitrogen and oxygen atoms in total. The molecule has 0 fully saturated rings. The first kappa shape index (κ1) is 29.0. The highest BCUT2D eigenvalue weighted by molar-refractivity contribution is 7.98. The molecule has 0 saturated heterocycles. The van der Waals surface area contributed by atoms with Gasteiger partial charge in [0.1, 0.15) is 12.3 Å². The van der Waals surface area contributed by atoms with E-state index in [2.05, 4.69) is 5.32 Å². The summed E-state index contributed by atoms with van der Waals surface area (Å²) in [7, 11) is 0.469. The summed E-state index contributed by atoms with van der Waals surface area (Å²) >= 11 is 1.51. The monoisotopic (exact) mass is 560 g/mol. The Balaban J connectivity index is 1.87. The van der Waals surface area contributed by atoms with Gasteiger partial charge in [-0.2, -0.15) is 0 Å². The summed E-state index contributed by atoms with van der Waals surface area (Å²) in [6.07, 6.45) is 1.91. The molecule has 1 N–H and O–H groups in total. The summed E-state index contributed by atoms with van der Waals surface area (Å²) in [6.45, 7) is 2.04. The Morgan fingerprint density at radius 1 is 0.921 bits per heavy atom. The standard InChI is InChI=1S/C27H32N2O7S2/c1-6-36-21-9-7-20(8-10-21)29(38(31,32)23-13-11-22(37-5)12-14-23)18-26(30)28-17-19-15-24(33-2)27(35-4)25(16-19)34-3/h7-16H,6,17-18H2,1-5H3,(H,28,30). The quantitative estimate of drug-likeness (QED) is 0.308. The van der Waals surface area contributed by atoms with Crippen molar-refractivity contribution in [2.24, 2.45) is 0 Å². The second-order valence-corrected chi connectivity index (χ2v) is 10.7. The zero-order valence-corrected chi connectivity index (χ0v) is 23.6. The number of nitrogens with zero attached hydrogens (tertiary/aromatic N) is 1. The van der Waals surface area contributed by atoms with E-state index in [1.807, 2.05) is 13.2 Å². The lowest BCUT2D eigenvalue weighted by Crippen LogP contribution is -2.40. The smallest absolute Gasteiger partial charge is 0.264 e. The molecule has 38 heavy (non-hydrogen) atoms. The molecule has 0 bridgehead atoms. The summed E-state index contributed by atoms with van der Waals surface area (Å²) < 4.78 is 49.9. The zero-order valence-electron chi connectivity index (χ0n) is 22.0. The zero-order chi connectivity index (χ0) is 27.7. The van der Waals surface area contributed by atoms with E-state index in [1.54, 1.807) is 48.5 Å². The van der Waals surface area contributed by atoms with Crippen molar-refractivity contribution in [1.82, 2.24) is 5.32 Å². The minimum absolute atomic E-state index is 0.0848. The number of ether oxygens (including phenoxy) is 4. The van der Waals surface area contributed by atoms with E-state index in [4.69, 9.17) is 18.9 Å². The molecule has 3 rings (SSSR count). The van der Waals surface area contributed by atoms with Gasteiger partial charge in [0.15, 0.2) is 11.5 Å². The second-order valence-electron chi connectivity index (χ2n) is 7.92. The first-order valence-electron chi connectivity index (χ1n) is 11.7. The van der Waals surface area contributed by atoms with Crippen molar-refractivity contribution in [3.05, 3.63) is 66.2 Å². The molecule has 0 spiro atoms. The Hall–Kier alpha value is -3.57. The van der Waals surface area contributed by atoms with Crippen molar-refractivity contribution < 1.29 is 32.2 Å². The van der Waals surface area contributed by atoms with E-state index >= 15 is 0 Å². The number of anilines is 1. The van der Waals surface area contributed by atoms with Crippen molar-refractivity contribution in [1.29, 1.82) is 0 Å². The van der Waals surface area contributed by atoms with E-state index < -0.39 is 22.5 Å². The van der Waals surface area contributed by atoms with Gasteiger partial charge in [0.2, 0.25) is 11.7 Å². The van der Waals surface area contributed by atoms with Gasteiger partial charge < -0.3 is 24.3 Å². The Morgan fingerprint density at radius 2 is 1.53 bits per heavy atom. The fourth-order valence-corrected chi connectivity index (χ4v) is 5.52. The lowest BCUT2D eigenvalue weighted by molar-refractivity contribution is -0.119. The molecule has 204 valence electrons. The maximum absolute atomic E-state index is 13.7. The summed E-state index contributed by atoms with van der Waals surface area (Å²) in [5.41, 5.74) is 1.03. The molecule has 0 unspecified atom stereocenters. The third-order valence-electron chi connectivity index (χ3n) is 5.58. The Morgan fingerprint density at radius 3 is 2.03 bits per heavy atom. The predicted molar refractivity (Wildman–Crippen MR) is 148 cm³/mol. The molecule has 1 amide bonds. The van der Waals surface area contributed by atoms with Gasteiger partial charge in [0, 0.05) is 11.4 Å². The Kier molecular flexibility index (Phi) is 10.1. The fourth-order valence-electron chi connectivity index (χ4n) is 3.69. The van der Waals surface area contributed by atoms with Gasteiger partial charge in [-0.25, -0.2) is 8.42 Å². The van der Waals surface area contributed by atoms with Gasteiger partial charge in [0.05, 0.1) is 38.5 Å². The van der Waals surface area contributed by atoms with Gasteiger partial charge in [-0.1, -0.05) is 0 Å². The van der Waals surface area contributed by atoms with E-state index in [1.165, 1.54) is 45.2 Å². The molecule has 3 aromatic rings. The molecular weight excluding hydrogens is 528 g/mol. The van der Waals surface area contributed by atoms with Crippen molar-refractivity contribution in [3.63, 3.8) is 0 Å². The number of thioether (sulfide) groups is 1. The lowest BCUT2D eigenvalue weighted by Gasteiger charge is -2.24. The summed E-state index contributed by atoms with van der Waals surface area (Å²) in [5, 5.41) is 2.79. The highest BCUT2D eigenvalue weighted by atomic mass is 32.2. The third kappa shape index (κ3) is 6.84. The summed E-state index contributed by atoms with van der Waals surface area (Å²) in [5.74, 6) is 1.44. The number of benzene rings is 3. The Bertz CT molecular complexity index is 1300. The summed E-state index contributed by atoms with van der Waals surface area (Å²) in [4.78, 5) is 14.1. The minimum Gasteiger partial charge on any atom is -0.494 e. The van der Waals surface area contributed by atoms with Gasteiger partial charge in [-0.05, 0) is 79.4 Å². The number of hydrogen-bond donors (Lipinski definition) is 1. The number of nitrogens with one attached hydrogen (secondary N) is 1. The molecule has 0 radical (unpaired) electrons. The second kappa shape index (κ2) is 13.3. The van der Waals surface area contributed by atoms with Gasteiger partial charge in [0.25, 0.3) is 10.0 Å². The maximum Gasteiger partial charge on any atom is 0.264 e. The molecular formula is C27H32N2O7S2. The number of rotatable bonds is 13. The van der Waals surface area contributed by atoms with Crippen LogP contribution in [0.25, 0.3) is 0 Å².